The summed E-state index contributed by atoms with van der Waals surface area (Å²) in [7, 11) is 0. The predicted octanol–water partition coefficient (Wildman–Crippen LogP) is 3.11. The van der Waals surface area contributed by atoms with E-state index in [-0.39, 0.29) is 0 Å². The maximum atomic E-state index is 11.7. The molecular formula is C17H21NO3. The molecule has 1 N–H and O–H groups in total. The van der Waals surface area contributed by atoms with Crippen LogP contribution in [0.2, 0.25) is 0 Å². The van der Waals surface area contributed by atoms with Crippen molar-refractivity contribution in [3.8, 4) is 0 Å². The highest BCUT2D eigenvalue weighted by Gasteiger charge is 2.22. The molecule has 0 bridgehead atoms. The zero-order valence-electron chi connectivity index (χ0n) is 12.7. The maximum absolute atomic E-state index is 11.7. The minimum atomic E-state index is -0.573. The number of benzene rings is 1. The molecule has 1 aromatic rings. The van der Waals surface area contributed by atoms with Crippen molar-refractivity contribution in [2.24, 2.45) is 0 Å². The lowest BCUT2D eigenvalue weighted by molar-refractivity contribution is -0.109. The first-order valence-electron chi connectivity index (χ1n) is 7.11. The Morgan fingerprint density at radius 2 is 2.10 bits per heavy atom. The molecule has 0 aromatic heterocycles. The maximum Gasteiger partial charge on any atom is 0.408 e. The number of allylic oxidation sites excluding steroid dienone is 1. The Hall–Kier alpha value is -2.10. The predicted molar refractivity (Wildman–Crippen MR) is 82.0 cm³/mol. The Balaban J connectivity index is 1.98. The third kappa shape index (κ3) is 4.18. The third-order valence-electron chi connectivity index (χ3n) is 3.24. The van der Waals surface area contributed by atoms with Crippen molar-refractivity contribution < 1.29 is 14.3 Å². The lowest BCUT2D eigenvalue weighted by Gasteiger charge is -2.21. The van der Waals surface area contributed by atoms with Crippen LogP contribution in [0, 0.1) is 0 Å². The zero-order valence-corrected chi connectivity index (χ0v) is 12.7. The number of hydrogen-bond donors (Lipinski definition) is 1. The fraction of sp³-hybridized carbons (Fsp3) is 0.412. The van der Waals surface area contributed by atoms with Gasteiger partial charge in [-0.3, -0.25) is 0 Å². The largest absolute Gasteiger partial charge is 0.444 e. The molecule has 1 amide bonds. The van der Waals surface area contributed by atoms with Gasteiger partial charge in [-0.2, -0.15) is 0 Å². The molecule has 1 atom stereocenters. The second-order valence-electron chi connectivity index (χ2n) is 6.18. The lowest BCUT2D eigenvalue weighted by atomic mass is 10.0. The summed E-state index contributed by atoms with van der Waals surface area (Å²) in [6, 6.07) is 7.54. The van der Waals surface area contributed by atoms with Crippen molar-refractivity contribution in [2.75, 3.05) is 0 Å². The molecule has 0 radical (unpaired) electrons. The van der Waals surface area contributed by atoms with E-state index in [1.54, 1.807) is 20.8 Å². The van der Waals surface area contributed by atoms with Crippen molar-refractivity contribution in [1.82, 2.24) is 5.32 Å². The molecule has 2 rings (SSSR count). The molecule has 4 nitrogen and oxygen atoms in total. The van der Waals surface area contributed by atoms with Gasteiger partial charge in [0.05, 0.1) is 6.04 Å². The van der Waals surface area contributed by atoms with Crippen LogP contribution in [0.25, 0.3) is 5.57 Å². The normalized spacial score (nSPS) is 14.9. The Morgan fingerprint density at radius 3 is 2.76 bits per heavy atom. The average Bonchev–Trinajstić information content (AvgIpc) is 2.79. The lowest BCUT2D eigenvalue weighted by Crippen LogP contribution is -2.40. The third-order valence-corrected chi connectivity index (χ3v) is 3.24. The summed E-state index contributed by atoms with van der Waals surface area (Å²) in [6.45, 7) is 5.37. The summed E-state index contributed by atoms with van der Waals surface area (Å²) in [5, 5.41) is 2.61. The van der Waals surface area contributed by atoms with Crippen LogP contribution in [0.1, 0.15) is 38.3 Å². The van der Waals surface area contributed by atoms with Gasteiger partial charge in [0.1, 0.15) is 11.9 Å². The number of nitrogens with one attached hydrogen (secondary N) is 1. The summed E-state index contributed by atoms with van der Waals surface area (Å²) in [6.07, 6.45) is 3.67. The molecule has 21 heavy (non-hydrogen) atoms. The van der Waals surface area contributed by atoms with Crippen LogP contribution in [-0.4, -0.2) is 24.0 Å². The standard InChI is InChI=1S/C17H21NO3/c1-17(2,3)21-16(20)18-14(11-19)10-13-9-8-12-6-4-5-7-15(12)13/h4-7,9,11,14H,8,10H2,1-3H3,(H,18,20)/t14-/m1/s1. The van der Waals surface area contributed by atoms with Crippen molar-refractivity contribution >= 4 is 18.0 Å². The highest BCUT2D eigenvalue weighted by atomic mass is 16.6. The molecule has 0 heterocycles. The first-order valence-corrected chi connectivity index (χ1v) is 7.11. The SMILES string of the molecule is CC(C)(C)OC(=O)N[C@@H](C=O)CC1=CCc2ccccc21. The van der Waals surface area contributed by atoms with Crippen LogP contribution in [-0.2, 0) is 16.0 Å². The van der Waals surface area contributed by atoms with Crippen LogP contribution in [0.15, 0.2) is 30.3 Å². The first kappa shape index (κ1) is 15.3. The molecule has 0 unspecified atom stereocenters. The number of carbonyl (C=O) groups excluding carboxylic acids is 2. The molecule has 0 saturated carbocycles. The van der Waals surface area contributed by atoms with Gasteiger partial charge in [-0.15, -0.1) is 0 Å². The summed E-state index contributed by atoms with van der Waals surface area (Å²) >= 11 is 0. The Morgan fingerprint density at radius 1 is 1.38 bits per heavy atom. The monoisotopic (exact) mass is 287 g/mol. The molecule has 1 aromatic carbocycles. The van der Waals surface area contributed by atoms with E-state index in [2.05, 4.69) is 17.5 Å². The van der Waals surface area contributed by atoms with Crippen LogP contribution < -0.4 is 5.32 Å². The van der Waals surface area contributed by atoms with Gasteiger partial charge in [-0.1, -0.05) is 30.3 Å². The van der Waals surface area contributed by atoms with E-state index in [1.165, 1.54) is 5.56 Å². The van der Waals surface area contributed by atoms with Gasteiger partial charge < -0.3 is 14.8 Å². The van der Waals surface area contributed by atoms with Gasteiger partial charge in [-0.05, 0) is 50.3 Å². The summed E-state index contributed by atoms with van der Waals surface area (Å²) in [5.41, 5.74) is 2.94. The molecule has 0 spiro atoms. The van der Waals surface area contributed by atoms with E-state index in [0.29, 0.717) is 6.42 Å². The van der Waals surface area contributed by atoms with Crippen molar-refractivity contribution in [3.05, 3.63) is 41.5 Å². The molecule has 4 heteroatoms. The number of rotatable bonds is 4. The van der Waals surface area contributed by atoms with Gasteiger partial charge in [-0.25, -0.2) is 4.79 Å². The van der Waals surface area contributed by atoms with Crippen LogP contribution in [0.4, 0.5) is 4.79 Å². The topological polar surface area (TPSA) is 55.4 Å². The average molecular weight is 287 g/mol. The number of ether oxygens (including phenoxy) is 1. The van der Waals surface area contributed by atoms with Gasteiger partial charge >= 0.3 is 6.09 Å². The van der Waals surface area contributed by atoms with Gasteiger partial charge in [0.15, 0.2) is 0 Å². The van der Waals surface area contributed by atoms with E-state index in [4.69, 9.17) is 4.74 Å². The number of hydrogen-bond acceptors (Lipinski definition) is 3. The Kier molecular flexibility index (Phi) is 4.46. The Bertz CT molecular complexity index is 570. The summed E-state index contributed by atoms with van der Waals surface area (Å²) in [4.78, 5) is 22.9. The first-order chi connectivity index (χ1) is 9.89. The van der Waals surface area contributed by atoms with E-state index >= 15 is 0 Å². The molecule has 1 aliphatic carbocycles. The second kappa shape index (κ2) is 6.12. The van der Waals surface area contributed by atoms with Crippen molar-refractivity contribution in [3.63, 3.8) is 0 Å². The van der Waals surface area contributed by atoms with Crippen LogP contribution >= 0.6 is 0 Å². The summed E-state index contributed by atoms with van der Waals surface area (Å²) < 4.78 is 5.18. The van der Waals surface area contributed by atoms with E-state index in [9.17, 15) is 9.59 Å². The minimum absolute atomic E-state index is 0.486. The minimum Gasteiger partial charge on any atom is -0.444 e. The molecular weight excluding hydrogens is 266 g/mol. The second-order valence-corrected chi connectivity index (χ2v) is 6.18. The number of fused-ring (bicyclic) bond motifs is 1. The highest BCUT2D eigenvalue weighted by Crippen LogP contribution is 2.30. The molecule has 0 saturated heterocycles. The highest BCUT2D eigenvalue weighted by molar-refractivity contribution is 5.79. The Labute approximate surface area is 125 Å². The number of aldehydes is 1. The van der Waals surface area contributed by atoms with Crippen molar-refractivity contribution in [2.45, 2.75) is 45.3 Å². The van der Waals surface area contributed by atoms with Crippen LogP contribution in [0.5, 0.6) is 0 Å². The molecule has 0 aliphatic heterocycles. The quantitative estimate of drug-likeness (QED) is 0.866. The number of carbonyl (C=O) groups is 2. The smallest absolute Gasteiger partial charge is 0.408 e. The fourth-order valence-corrected chi connectivity index (χ4v) is 2.38. The molecule has 0 fully saturated rings. The zero-order chi connectivity index (χ0) is 15.5. The van der Waals surface area contributed by atoms with E-state index in [0.717, 1.165) is 23.8 Å². The van der Waals surface area contributed by atoms with Crippen molar-refractivity contribution in [1.29, 1.82) is 0 Å². The van der Waals surface area contributed by atoms with Gasteiger partial charge in [0.2, 0.25) is 0 Å². The van der Waals surface area contributed by atoms with Gasteiger partial charge in [0, 0.05) is 0 Å². The van der Waals surface area contributed by atoms with E-state index in [1.807, 2.05) is 18.2 Å². The molecule has 112 valence electrons. The van der Waals surface area contributed by atoms with Crippen LogP contribution in [0.3, 0.4) is 0 Å². The molecule has 1 aliphatic rings. The fourth-order valence-electron chi connectivity index (χ4n) is 2.38. The number of amides is 1. The van der Waals surface area contributed by atoms with Gasteiger partial charge in [0.25, 0.3) is 0 Å². The van der Waals surface area contributed by atoms with E-state index < -0.39 is 17.7 Å². The summed E-state index contributed by atoms with van der Waals surface area (Å²) in [5.74, 6) is 0. The number of alkyl carbamates (subject to hydrolysis) is 1.